The standard InChI is InChI=1S/C42H51F2N5O6S/c1-42(2,3)40(35-20-30(32-21-31(43)13-14-33(32)44)25-47(35)23-28-10-6-4-7-11-28)49(24-29-17-18-45-22-29)39(53)27-56-26-34(41(54)55)46-36(50)12-8-5-9-19-48-37(51)15-16-38(48)52/h4,6-7,10-11,13-16,20-21,25,29,34,40,45H,5,8-9,12,17-19,22-24,26-27H2,1-3H3,(H,46,50)(H,54,55). The average molecular weight is 792 g/mol. The Hall–Kier alpha value is -4.82. The largest absolute Gasteiger partial charge is 0.480 e. The van der Waals surface area contributed by atoms with E-state index in [2.05, 4.69) is 10.6 Å². The van der Waals surface area contributed by atoms with Crippen molar-refractivity contribution in [2.24, 2.45) is 11.3 Å². The fourth-order valence-electron chi connectivity index (χ4n) is 7.28. The van der Waals surface area contributed by atoms with Crippen LogP contribution in [0.4, 0.5) is 8.78 Å². The van der Waals surface area contributed by atoms with Crippen molar-refractivity contribution in [2.45, 2.75) is 71.5 Å². The van der Waals surface area contributed by atoms with Gasteiger partial charge < -0.3 is 25.2 Å². The fourth-order valence-corrected chi connectivity index (χ4v) is 8.20. The van der Waals surface area contributed by atoms with Gasteiger partial charge in [0.2, 0.25) is 11.8 Å². The van der Waals surface area contributed by atoms with E-state index in [-0.39, 0.29) is 53.7 Å². The summed E-state index contributed by atoms with van der Waals surface area (Å²) in [5.74, 6) is -3.59. The lowest BCUT2D eigenvalue weighted by Gasteiger charge is -2.42. The molecule has 2 aliphatic rings. The summed E-state index contributed by atoms with van der Waals surface area (Å²) in [7, 11) is 0. The zero-order valence-corrected chi connectivity index (χ0v) is 33.0. The highest BCUT2D eigenvalue weighted by Crippen LogP contribution is 2.42. The highest BCUT2D eigenvalue weighted by Gasteiger charge is 2.39. The first-order valence-corrected chi connectivity index (χ1v) is 20.2. The highest BCUT2D eigenvalue weighted by molar-refractivity contribution is 8.00. The van der Waals surface area contributed by atoms with Gasteiger partial charge in [-0.05, 0) is 73.5 Å². The van der Waals surface area contributed by atoms with Crippen molar-refractivity contribution in [3.05, 3.63) is 95.8 Å². The maximum absolute atomic E-state index is 15.2. The molecule has 3 unspecified atom stereocenters. The smallest absolute Gasteiger partial charge is 0.327 e. The summed E-state index contributed by atoms with van der Waals surface area (Å²) in [6.07, 6.45) is 6.75. The molecule has 3 aromatic rings. The zero-order chi connectivity index (χ0) is 40.4. The summed E-state index contributed by atoms with van der Waals surface area (Å²) in [4.78, 5) is 65.8. The summed E-state index contributed by atoms with van der Waals surface area (Å²) in [5, 5.41) is 15.9. The lowest BCUT2D eigenvalue weighted by atomic mass is 9.82. The number of carboxylic acid groups (broad SMARTS) is 1. The van der Waals surface area contributed by atoms with Crippen LogP contribution in [0.1, 0.15) is 70.2 Å². The first-order valence-electron chi connectivity index (χ1n) is 19.0. The molecule has 2 aliphatic heterocycles. The second-order valence-electron chi connectivity index (χ2n) is 15.5. The summed E-state index contributed by atoms with van der Waals surface area (Å²) in [5.41, 5.74) is 1.83. The number of nitrogens with one attached hydrogen (secondary N) is 2. The van der Waals surface area contributed by atoms with E-state index in [1.165, 1.54) is 18.2 Å². The number of aliphatic carboxylic acids is 1. The number of aromatic nitrogens is 1. The number of carboxylic acids is 1. The second kappa shape index (κ2) is 19.4. The molecule has 11 nitrogen and oxygen atoms in total. The van der Waals surface area contributed by atoms with E-state index < -0.39 is 41.0 Å². The number of carbonyl (C=O) groups excluding carboxylic acids is 4. The molecule has 0 spiro atoms. The number of nitrogens with zero attached hydrogens (tertiary/aromatic N) is 3. The topological polar surface area (TPSA) is 141 Å². The van der Waals surface area contributed by atoms with Gasteiger partial charge in [-0.25, -0.2) is 13.6 Å². The van der Waals surface area contributed by atoms with Gasteiger partial charge >= 0.3 is 5.97 Å². The number of imide groups is 1. The molecule has 5 rings (SSSR count). The minimum Gasteiger partial charge on any atom is -0.480 e. The van der Waals surface area contributed by atoms with Crippen molar-refractivity contribution in [1.29, 1.82) is 0 Å². The number of hydrogen-bond acceptors (Lipinski definition) is 7. The zero-order valence-electron chi connectivity index (χ0n) is 32.1. The van der Waals surface area contributed by atoms with Gasteiger partial charge in [-0.2, -0.15) is 0 Å². The highest BCUT2D eigenvalue weighted by atomic mass is 32.2. The van der Waals surface area contributed by atoms with Gasteiger partial charge in [0.05, 0.1) is 11.8 Å². The van der Waals surface area contributed by atoms with Crippen molar-refractivity contribution in [3.63, 3.8) is 0 Å². The number of benzene rings is 2. The first-order chi connectivity index (χ1) is 26.7. The minimum absolute atomic E-state index is 0.0363. The fraction of sp³-hybridized carbons (Fsp3) is 0.452. The van der Waals surface area contributed by atoms with Gasteiger partial charge in [0.25, 0.3) is 11.8 Å². The molecule has 3 N–H and O–H groups in total. The normalized spacial score (nSPS) is 16.7. The lowest BCUT2D eigenvalue weighted by molar-refractivity contribution is -0.141. The molecule has 56 heavy (non-hydrogen) atoms. The Labute approximate surface area is 330 Å². The van der Waals surface area contributed by atoms with Crippen LogP contribution in [0, 0.1) is 23.0 Å². The van der Waals surface area contributed by atoms with Crippen molar-refractivity contribution in [2.75, 3.05) is 37.7 Å². The summed E-state index contributed by atoms with van der Waals surface area (Å²) >= 11 is 1.13. The Morgan fingerprint density at radius 1 is 1.02 bits per heavy atom. The number of thioether (sulfide) groups is 1. The number of hydrogen-bond donors (Lipinski definition) is 3. The van der Waals surface area contributed by atoms with Crippen LogP contribution in [0.3, 0.4) is 0 Å². The molecule has 2 aromatic carbocycles. The molecule has 0 aliphatic carbocycles. The molecule has 0 saturated carbocycles. The van der Waals surface area contributed by atoms with Crippen LogP contribution in [0.5, 0.6) is 0 Å². The van der Waals surface area contributed by atoms with E-state index in [9.17, 15) is 33.5 Å². The van der Waals surface area contributed by atoms with Crippen LogP contribution in [-0.4, -0.2) is 92.8 Å². The molecule has 3 heterocycles. The minimum atomic E-state index is -1.22. The Morgan fingerprint density at radius 3 is 2.41 bits per heavy atom. The first kappa shape index (κ1) is 42.3. The summed E-state index contributed by atoms with van der Waals surface area (Å²) in [6, 6.07) is 13.2. The molecular weight excluding hydrogens is 741 g/mol. The summed E-state index contributed by atoms with van der Waals surface area (Å²) < 4.78 is 31.6. The number of carbonyl (C=O) groups is 5. The van der Waals surface area contributed by atoms with Gasteiger partial charge in [-0.1, -0.05) is 57.5 Å². The Kier molecular flexibility index (Phi) is 14.6. The van der Waals surface area contributed by atoms with E-state index in [1.54, 1.807) is 6.20 Å². The van der Waals surface area contributed by atoms with Crippen LogP contribution in [0.2, 0.25) is 0 Å². The van der Waals surface area contributed by atoms with Crippen molar-refractivity contribution < 1.29 is 37.9 Å². The van der Waals surface area contributed by atoms with Crippen LogP contribution in [0.25, 0.3) is 11.1 Å². The van der Waals surface area contributed by atoms with E-state index in [0.717, 1.165) is 59.6 Å². The van der Waals surface area contributed by atoms with Crippen LogP contribution in [-0.2, 0) is 30.5 Å². The lowest BCUT2D eigenvalue weighted by Crippen LogP contribution is -2.46. The number of halogens is 2. The van der Waals surface area contributed by atoms with Gasteiger partial charge in [-0.3, -0.25) is 24.1 Å². The van der Waals surface area contributed by atoms with Crippen LogP contribution < -0.4 is 10.6 Å². The van der Waals surface area contributed by atoms with Crippen LogP contribution in [0.15, 0.2) is 72.9 Å². The van der Waals surface area contributed by atoms with E-state index in [1.807, 2.05) is 66.6 Å². The Bertz CT molecular complexity index is 1890. The molecule has 1 fully saturated rings. The van der Waals surface area contributed by atoms with E-state index >= 15 is 4.39 Å². The molecule has 3 atom stereocenters. The molecule has 0 bridgehead atoms. The van der Waals surface area contributed by atoms with Gasteiger partial charge in [0.1, 0.15) is 17.7 Å². The molecule has 0 radical (unpaired) electrons. The van der Waals surface area contributed by atoms with Crippen molar-refractivity contribution >= 4 is 41.4 Å². The third kappa shape index (κ3) is 11.4. The molecular formula is C42H51F2N5O6S. The van der Waals surface area contributed by atoms with Crippen molar-refractivity contribution in [3.8, 4) is 11.1 Å². The predicted molar refractivity (Wildman–Crippen MR) is 211 cm³/mol. The average Bonchev–Trinajstić information content (AvgIpc) is 3.89. The molecule has 14 heteroatoms. The molecule has 1 saturated heterocycles. The van der Waals surface area contributed by atoms with Gasteiger partial charge in [0.15, 0.2) is 0 Å². The number of unbranched alkanes of at least 4 members (excludes halogenated alkanes) is 2. The number of amides is 4. The second-order valence-corrected chi connectivity index (χ2v) is 16.5. The predicted octanol–water partition coefficient (Wildman–Crippen LogP) is 5.79. The maximum atomic E-state index is 15.2. The van der Waals surface area contributed by atoms with E-state index in [4.69, 9.17) is 0 Å². The quantitative estimate of drug-likeness (QED) is 0.102. The summed E-state index contributed by atoms with van der Waals surface area (Å²) in [6.45, 7) is 8.80. The molecule has 4 amide bonds. The van der Waals surface area contributed by atoms with E-state index in [0.29, 0.717) is 37.9 Å². The van der Waals surface area contributed by atoms with Gasteiger partial charge in [0, 0.05) is 67.0 Å². The Balaban J connectivity index is 1.31. The Morgan fingerprint density at radius 2 is 1.75 bits per heavy atom. The third-order valence-electron chi connectivity index (χ3n) is 10.0. The maximum Gasteiger partial charge on any atom is 0.327 e. The third-order valence-corrected chi connectivity index (χ3v) is 11.1. The number of rotatable bonds is 19. The molecule has 300 valence electrons. The molecule has 1 aromatic heterocycles. The van der Waals surface area contributed by atoms with Gasteiger partial charge in [-0.15, -0.1) is 11.8 Å². The monoisotopic (exact) mass is 791 g/mol. The van der Waals surface area contributed by atoms with Crippen molar-refractivity contribution in [1.82, 2.24) is 25.0 Å². The van der Waals surface area contributed by atoms with Crippen LogP contribution >= 0.6 is 11.8 Å². The SMILES string of the molecule is CC(C)(C)C(c1cc(-c2cc(F)ccc2F)cn1Cc1ccccc1)N(CC1CCNC1)C(=O)CSCC(NC(=O)CCCCCN1C(=O)C=CC1=O)C(=O)O.